The minimum absolute atomic E-state index is 0.0637. The molecule has 6 heteroatoms. The monoisotopic (exact) mass is 336 g/mol. The van der Waals surface area contributed by atoms with E-state index in [2.05, 4.69) is 6.92 Å². The molecule has 2 aliphatic carbocycles. The van der Waals surface area contributed by atoms with Gasteiger partial charge in [0.2, 0.25) is 0 Å². The second-order valence-electron chi connectivity index (χ2n) is 5.66. The highest BCUT2D eigenvalue weighted by atomic mass is 35.5. The average molecular weight is 337 g/mol. The first-order valence-corrected chi connectivity index (χ1v) is 8.02. The second kappa shape index (κ2) is 6.45. The largest absolute Gasteiger partial charge is 0.461 e. The molecule has 1 saturated carbocycles. The van der Waals surface area contributed by atoms with Crippen LogP contribution in [0.2, 0.25) is 0 Å². The van der Waals surface area contributed by atoms with Gasteiger partial charge in [0.25, 0.3) is 0 Å². The lowest BCUT2D eigenvalue weighted by Crippen LogP contribution is -2.42. The van der Waals surface area contributed by atoms with Crippen LogP contribution in [0.15, 0.2) is 10.1 Å². The van der Waals surface area contributed by atoms with Crippen LogP contribution in [-0.4, -0.2) is 32.1 Å². The molecular weight excluding hydrogens is 315 g/mol. The van der Waals surface area contributed by atoms with Crippen LogP contribution in [0, 0.1) is 17.8 Å². The minimum atomic E-state index is -0.938. The third-order valence-corrected chi connectivity index (χ3v) is 5.63. The van der Waals surface area contributed by atoms with Gasteiger partial charge in [-0.05, 0) is 6.42 Å². The van der Waals surface area contributed by atoms with E-state index in [1.807, 2.05) is 0 Å². The number of esters is 1. The number of hydrogen-bond donors (Lipinski definition) is 0. The summed E-state index contributed by atoms with van der Waals surface area (Å²) < 4.78 is 16.9. The number of methoxy groups -OCH3 is 2. The maximum Gasteiger partial charge on any atom is 0.302 e. The fourth-order valence-corrected chi connectivity index (χ4v) is 4.67. The Kier molecular flexibility index (Phi) is 5.24. The maximum absolute atomic E-state index is 11.5. The van der Waals surface area contributed by atoms with Crippen molar-refractivity contribution in [3.05, 3.63) is 10.1 Å². The lowest BCUT2D eigenvalue weighted by atomic mass is 9.86. The van der Waals surface area contributed by atoms with E-state index in [1.165, 1.54) is 6.92 Å². The summed E-state index contributed by atoms with van der Waals surface area (Å²) in [5.41, 5.74) is 0. The quantitative estimate of drug-likeness (QED) is 0.548. The van der Waals surface area contributed by atoms with Gasteiger partial charge < -0.3 is 14.2 Å². The molecule has 0 amide bonds. The highest BCUT2D eigenvalue weighted by Crippen LogP contribution is 2.63. The van der Waals surface area contributed by atoms with Crippen LogP contribution >= 0.6 is 23.2 Å². The van der Waals surface area contributed by atoms with Gasteiger partial charge in [0.1, 0.15) is 6.10 Å². The van der Waals surface area contributed by atoms with Crippen molar-refractivity contribution in [1.29, 1.82) is 0 Å². The number of ether oxygens (including phenoxy) is 3. The molecule has 21 heavy (non-hydrogen) atoms. The summed E-state index contributed by atoms with van der Waals surface area (Å²) in [7, 11) is 3.16. The molecule has 4 atom stereocenters. The molecule has 0 aliphatic heterocycles. The lowest BCUT2D eigenvalue weighted by Gasteiger charge is -2.32. The predicted octanol–water partition coefficient (Wildman–Crippen LogP) is 3.66. The molecule has 0 aromatic carbocycles. The molecule has 0 heterocycles. The summed E-state index contributed by atoms with van der Waals surface area (Å²) in [5.74, 6) is -1.75. The number of fused-ring (bicyclic) bond motifs is 2. The number of carbonyl (C=O) groups excluding carboxylic acids is 1. The summed E-state index contributed by atoms with van der Waals surface area (Å²) in [6.07, 6.45) is 2.62. The topological polar surface area (TPSA) is 44.8 Å². The van der Waals surface area contributed by atoms with Crippen molar-refractivity contribution in [2.75, 3.05) is 14.2 Å². The normalized spacial score (nSPS) is 33.6. The van der Waals surface area contributed by atoms with E-state index in [1.54, 1.807) is 14.2 Å². The Morgan fingerprint density at radius 2 is 1.76 bits per heavy atom. The first kappa shape index (κ1) is 17.1. The Bertz CT molecular complexity index is 445. The summed E-state index contributed by atoms with van der Waals surface area (Å²) in [6, 6.07) is 0. The summed E-state index contributed by atoms with van der Waals surface area (Å²) >= 11 is 12.8. The zero-order valence-corrected chi connectivity index (χ0v) is 14.3. The Morgan fingerprint density at radius 3 is 2.24 bits per heavy atom. The molecule has 0 aromatic rings. The first-order chi connectivity index (χ1) is 9.94. The highest BCUT2D eigenvalue weighted by molar-refractivity contribution is 6.40. The van der Waals surface area contributed by atoms with Crippen LogP contribution in [0.4, 0.5) is 0 Å². The number of carbonyl (C=O) groups is 1. The number of hydrogen-bond acceptors (Lipinski definition) is 4. The van der Waals surface area contributed by atoms with E-state index in [-0.39, 0.29) is 29.8 Å². The Labute approximate surface area is 135 Å². The van der Waals surface area contributed by atoms with E-state index in [0.717, 1.165) is 19.3 Å². The molecule has 2 bridgehead atoms. The van der Waals surface area contributed by atoms with Gasteiger partial charge in [0.15, 0.2) is 5.79 Å². The molecule has 120 valence electrons. The van der Waals surface area contributed by atoms with Crippen molar-refractivity contribution in [3.8, 4) is 0 Å². The van der Waals surface area contributed by atoms with E-state index in [9.17, 15) is 4.79 Å². The number of unbranched alkanes of at least 4 members (excludes halogenated alkanes) is 1. The maximum atomic E-state index is 11.5. The molecule has 0 N–H and O–H groups in total. The van der Waals surface area contributed by atoms with Gasteiger partial charge in [-0.2, -0.15) is 0 Å². The zero-order valence-electron chi connectivity index (χ0n) is 12.8. The van der Waals surface area contributed by atoms with E-state index < -0.39 is 5.79 Å². The fraction of sp³-hybridized carbons (Fsp3) is 0.800. The standard InChI is InChI=1S/C15H22Cl2O4/c1-5-6-7-9-10-12(16)13(17)11(14(9)21-8(2)18)15(10,19-3)20-4/h9-11,14H,5-7H2,1-4H3/t9-,10-,11-,14-/m0/s1. The van der Waals surface area contributed by atoms with Crippen LogP contribution in [0.25, 0.3) is 0 Å². The average Bonchev–Trinajstić information content (AvgIpc) is 2.83. The zero-order chi connectivity index (χ0) is 15.8. The molecule has 2 rings (SSSR count). The van der Waals surface area contributed by atoms with Crippen LogP contribution in [0.3, 0.4) is 0 Å². The molecule has 0 radical (unpaired) electrons. The SMILES string of the molecule is CCCC[C@@H]1[C@H](OC(C)=O)[C@@H]2C(Cl)=C(Cl)[C@H]1C2(OC)OC. The van der Waals surface area contributed by atoms with E-state index in [4.69, 9.17) is 37.4 Å². The molecule has 4 nitrogen and oxygen atoms in total. The first-order valence-electron chi connectivity index (χ1n) is 7.27. The fourth-order valence-electron chi connectivity index (χ4n) is 3.85. The van der Waals surface area contributed by atoms with Crippen LogP contribution in [0.5, 0.6) is 0 Å². The highest BCUT2D eigenvalue weighted by Gasteiger charge is 2.69. The minimum Gasteiger partial charge on any atom is -0.461 e. The third kappa shape index (κ3) is 2.50. The number of halogens is 2. The molecule has 0 spiro atoms. The van der Waals surface area contributed by atoms with Crippen molar-refractivity contribution < 1.29 is 19.0 Å². The van der Waals surface area contributed by atoms with Gasteiger partial charge in [-0.25, -0.2) is 0 Å². The van der Waals surface area contributed by atoms with Gasteiger partial charge in [-0.15, -0.1) is 0 Å². The van der Waals surface area contributed by atoms with Crippen molar-refractivity contribution in [2.45, 2.75) is 45.0 Å². The van der Waals surface area contributed by atoms with Crippen molar-refractivity contribution in [1.82, 2.24) is 0 Å². The second-order valence-corrected chi connectivity index (χ2v) is 6.48. The predicted molar refractivity (Wildman–Crippen MR) is 81.0 cm³/mol. The van der Waals surface area contributed by atoms with Gasteiger partial charge in [-0.3, -0.25) is 4.79 Å². The summed E-state index contributed by atoms with van der Waals surface area (Å²) in [6.45, 7) is 3.53. The van der Waals surface area contributed by atoms with E-state index in [0.29, 0.717) is 10.1 Å². The smallest absolute Gasteiger partial charge is 0.302 e. The molecule has 0 unspecified atom stereocenters. The molecule has 1 fully saturated rings. The van der Waals surface area contributed by atoms with Crippen molar-refractivity contribution >= 4 is 29.2 Å². The Hall–Kier alpha value is -0.290. The molecule has 0 aromatic heterocycles. The van der Waals surface area contributed by atoms with E-state index >= 15 is 0 Å². The summed E-state index contributed by atoms with van der Waals surface area (Å²) in [5, 5.41) is 1.07. The summed E-state index contributed by atoms with van der Waals surface area (Å²) in [4.78, 5) is 11.5. The Morgan fingerprint density at radius 1 is 1.19 bits per heavy atom. The third-order valence-electron chi connectivity index (χ3n) is 4.65. The van der Waals surface area contributed by atoms with Crippen LogP contribution < -0.4 is 0 Å². The van der Waals surface area contributed by atoms with Crippen molar-refractivity contribution in [3.63, 3.8) is 0 Å². The van der Waals surface area contributed by atoms with Gasteiger partial charge in [0, 0.05) is 37.1 Å². The van der Waals surface area contributed by atoms with Crippen LogP contribution in [0.1, 0.15) is 33.1 Å². The molecule has 2 aliphatic rings. The lowest BCUT2D eigenvalue weighted by molar-refractivity contribution is -0.237. The Balaban J connectivity index is 2.42. The van der Waals surface area contributed by atoms with Gasteiger partial charge in [0.05, 0.1) is 11.8 Å². The van der Waals surface area contributed by atoms with Gasteiger partial charge in [-0.1, -0.05) is 43.0 Å². The number of rotatable bonds is 6. The molecular formula is C15H22Cl2O4. The van der Waals surface area contributed by atoms with Crippen LogP contribution in [-0.2, 0) is 19.0 Å². The van der Waals surface area contributed by atoms with Gasteiger partial charge >= 0.3 is 5.97 Å². The molecule has 0 saturated heterocycles. The van der Waals surface area contributed by atoms with Crippen molar-refractivity contribution in [2.24, 2.45) is 17.8 Å².